The number of carbonyl (C=O) groups is 2. The van der Waals surface area contributed by atoms with Crippen LogP contribution >= 0.6 is 35.4 Å². The highest BCUT2D eigenvalue weighted by Crippen LogP contribution is 2.33. The molecule has 0 aliphatic carbocycles. The second kappa shape index (κ2) is 11.5. The topological polar surface area (TPSA) is 73.9 Å². The van der Waals surface area contributed by atoms with E-state index in [1.165, 1.54) is 19.2 Å². The van der Waals surface area contributed by atoms with Crippen LogP contribution in [0.15, 0.2) is 36.4 Å². The van der Waals surface area contributed by atoms with Crippen molar-refractivity contribution in [2.24, 2.45) is 0 Å². The summed E-state index contributed by atoms with van der Waals surface area (Å²) in [6.45, 7) is 5.07. The minimum Gasteiger partial charge on any atom is -0.494 e. The molecule has 2 amide bonds. The standard InChI is InChI=1S/C23H26Cl2N4O3S/c1-3-4-20(30)29-11-9-28(10-12-29)17-7-5-16(6-8-17)26-23(33)27-22(31)15-13-18(24)21(32-2)19(25)14-15/h5-8,13-14H,3-4,9-12H2,1-2H3,(H2,26,27,31,33). The fraction of sp³-hybridized carbons (Fsp3) is 0.348. The average Bonchev–Trinajstić information content (AvgIpc) is 2.79. The van der Waals surface area contributed by atoms with Crippen molar-refractivity contribution in [3.63, 3.8) is 0 Å². The van der Waals surface area contributed by atoms with Crippen LogP contribution in [0.5, 0.6) is 5.75 Å². The number of carbonyl (C=O) groups excluding carboxylic acids is 2. The predicted octanol–water partition coefficient (Wildman–Crippen LogP) is 4.58. The number of rotatable bonds is 6. The number of halogens is 2. The van der Waals surface area contributed by atoms with Crippen molar-refractivity contribution < 1.29 is 14.3 Å². The minimum absolute atomic E-state index is 0.152. The number of piperazine rings is 1. The third-order valence-corrected chi connectivity index (χ3v) is 6.04. The quantitative estimate of drug-likeness (QED) is 0.556. The molecule has 0 unspecified atom stereocenters. The Balaban J connectivity index is 1.53. The Morgan fingerprint density at radius 2 is 1.67 bits per heavy atom. The SMILES string of the molecule is CCCC(=O)N1CCN(c2ccc(NC(=S)NC(=O)c3cc(Cl)c(OC)c(Cl)c3)cc2)CC1. The number of nitrogens with zero attached hydrogens (tertiary/aromatic N) is 2. The first kappa shape index (κ1) is 25.1. The molecule has 2 aromatic rings. The molecule has 0 saturated carbocycles. The third kappa shape index (κ3) is 6.50. The van der Waals surface area contributed by atoms with Crippen molar-refractivity contribution >= 4 is 63.7 Å². The fourth-order valence-corrected chi connectivity index (χ4v) is 4.42. The van der Waals surface area contributed by atoms with E-state index in [4.69, 9.17) is 40.2 Å². The van der Waals surface area contributed by atoms with Crippen molar-refractivity contribution in [3.05, 3.63) is 52.0 Å². The summed E-state index contributed by atoms with van der Waals surface area (Å²) in [5, 5.41) is 6.24. The van der Waals surface area contributed by atoms with Gasteiger partial charge in [0.15, 0.2) is 10.9 Å². The molecule has 0 atom stereocenters. The van der Waals surface area contributed by atoms with Crippen molar-refractivity contribution in [2.75, 3.05) is 43.5 Å². The van der Waals surface area contributed by atoms with E-state index in [0.29, 0.717) is 12.2 Å². The number of amides is 2. The van der Waals surface area contributed by atoms with E-state index in [9.17, 15) is 9.59 Å². The molecular weight excluding hydrogens is 483 g/mol. The Kier molecular flexibility index (Phi) is 8.77. The predicted molar refractivity (Wildman–Crippen MR) is 137 cm³/mol. The molecule has 0 bridgehead atoms. The van der Waals surface area contributed by atoms with Gasteiger partial charge in [-0.15, -0.1) is 0 Å². The zero-order valence-electron chi connectivity index (χ0n) is 18.5. The number of hydrogen-bond acceptors (Lipinski definition) is 5. The summed E-state index contributed by atoms with van der Waals surface area (Å²) in [4.78, 5) is 28.7. The maximum absolute atomic E-state index is 12.5. The Labute approximate surface area is 209 Å². The second-order valence-electron chi connectivity index (χ2n) is 7.55. The van der Waals surface area contributed by atoms with E-state index in [2.05, 4.69) is 15.5 Å². The van der Waals surface area contributed by atoms with Gasteiger partial charge in [-0.3, -0.25) is 14.9 Å². The summed E-state index contributed by atoms with van der Waals surface area (Å²) in [5.41, 5.74) is 2.08. The number of nitrogens with one attached hydrogen (secondary N) is 2. The molecule has 2 N–H and O–H groups in total. The molecule has 0 radical (unpaired) electrons. The second-order valence-corrected chi connectivity index (χ2v) is 8.77. The molecule has 1 saturated heterocycles. The molecular formula is C23H26Cl2N4O3S. The normalized spacial score (nSPS) is 13.5. The summed E-state index contributed by atoms with van der Waals surface area (Å²) >= 11 is 17.5. The Hall–Kier alpha value is -2.55. The van der Waals surface area contributed by atoms with E-state index >= 15 is 0 Å². The van der Waals surface area contributed by atoms with Crippen molar-refractivity contribution in [1.82, 2.24) is 10.2 Å². The van der Waals surface area contributed by atoms with Crippen LogP contribution in [-0.2, 0) is 4.79 Å². The lowest BCUT2D eigenvalue weighted by Gasteiger charge is -2.36. The van der Waals surface area contributed by atoms with E-state index in [-0.39, 0.29) is 26.6 Å². The van der Waals surface area contributed by atoms with Crippen LogP contribution in [0, 0.1) is 0 Å². The van der Waals surface area contributed by atoms with Crippen LogP contribution in [0.3, 0.4) is 0 Å². The first-order valence-electron chi connectivity index (χ1n) is 10.6. The Morgan fingerprint density at radius 3 is 2.21 bits per heavy atom. The van der Waals surface area contributed by atoms with Crippen LogP contribution in [0.4, 0.5) is 11.4 Å². The summed E-state index contributed by atoms with van der Waals surface area (Å²) in [7, 11) is 1.45. The van der Waals surface area contributed by atoms with Gasteiger partial charge < -0.3 is 19.9 Å². The largest absolute Gasteiger partial charge is 0.494 e. The van der Waals surface area contributed by atoms with Crippen molar-refractivity contribution in [3.8, 4) is 5.75 Å². The first-order valence-corrected chi connectivity index (χ1v) is 11.8. The monoisotopic (exact) mass is 508 g/mol. The van der Waals surface area contributed by atoms with Crippen LogP contribution in [0.25, 0.3) is 0 Å². The molecule has 1 heterocycles. The fourth-order valence-electron chi connectivity index (χ4n) is 3.57. The van der Waals surface area contributed by atoms with Crippen LogP contribution in [0.2, 0.25) is 10.0 Å². The molecule has 7 nitrogen and oxygen atoms in total. The molecule has 3 rings (SSSR count). The van der Waals surface area contributed by atoms with Crippen LogP contribution < -0.4 is 20.3 Å². The number of methoxy groups -OCH3 is 1. The van der Waals surface area contributed by atoms with Gasteiger partial charge in [0.05, 0.1) is 17.2 Å². The van der Waals surface area contributed by atoms with Crippen molar-refractivity contribution in [1.29, 1.82) is 0 Å². The number of thiocarbonyl (C=S) groups is 1. The van der Waals surface area contributed by atoms with Gasteiger partial charge in [-0.1, -0.05) is 30.1 Å². The van der Waals surface area contributed by atoms with Crippen molar-refractivity contribution in [2.45, 2.75) is 19.8 Å². The number of hydrogen-bond donors (Lipinski definition) is 2. The number of ether oxygens (including phenoxy) is 1. The number of anilines is 2. The molecule has 1 fully saturated rings. The van der Waals surface area contributed by atoms with E-state index < -0.39 is 5.91 Å². The molecule has 0 aromatic heterocycles. The Bertz CT molecular complexity index is 1000. The summed E-state index contributed by atoms with van der Waals surface area (Å²) in [6.07, 6.45) is 1.48. The summed E-state index contributed by atoms with van der Waals surface area (Å²) in [5.74, 6) is 0.0992. The zero-order chi connectivity index (χ0) is 24.0. The zero-order valence-corrected chi connectivity index (χ0v) is 20.8. The highest BCUT2D eigenvalue weighted by atomic mass is 35.5. The van der Waals surface area contributed by atoms with Crippen LogP contribution in [-0.4, -0.2) is 55.1 Å². The van der Waals surface area contributed by atoms with Gasteiger partial charge in [-0.2, -0.15) is 0 Å². The van der Waals surface area contributed by atoms with Gasteiger partial charge >= 0.3 is 0 Å². The average molecular weight is 509 g/mol. The molecule has 176 valence electrons. The van der Waals surface area contributed by atoms with Gasteiger partial charge in [0.25, 0.3) is 5.91 Å². The highest BCUT2D eigenvalue weighted by molar-refractivity contribution is 7.80. The van der Waals surface area contributed by atoms with Gasteiger partial charge in [0, 0.05) is 49.5 Å². The molecule has 1 aliphatic heterocycles. The lowest BCUT2D eigenvalue weighted by molar-refractivity contribution is -0.131. The van der Waals surface area contributed by atoms with Gasteiger partial charge in [-0.25, -0.2) is 0 Å². The Morgan fingerprint density at radius 1 is 1.06 bits per heavy atom. The first-order chi connectivity index (χ1) is 15.8. The summed E-state index contributed by atoms with van der Waals surface area (Å²) < 4.78 is 5.09. The maximum Gasteiger partial charge on any atom is 0.257 e. The van der Waals surface area contributed by atoms with E-state index in [1.807, 2.05) is 36.1 Å². The molecule has 33 heavy (non-hydrogen) atoms. The van der Waals surface area contributed by atoms with Crippen LogP contribution in [0.1, 0.15) is 30.1 Å². The maximum atomic E-state index is 12.5. The lowest BCUT2D eigenvalue weighted by Crippen LogP contribution is -2.48. The summed E-state index contributed by atoms with van der Waals surface area (Å²) in [6, 6.07) is 10.7. The minimum atomic E-state index is -0.439. The lowest BCUT2D eigenvalue weighted by atomic mass is 10.2. The highest BCUT2D eigenvalue weighted by Gasteiger charge is 2.20. The molecule has 10 heteroatoms. The smallest absolute Gasteiger partial charge is 0.257 e. The molecule has 1 aliphatic rings. The molecule has 2 aromatic carbocycles. The van der Waals surface area contributed by atoms with Gasteiger partial charge in [0.1, 0.15) is 0 Å². The van der Waals surface area contributed by atoms with E-state index in [0.717, 1.165) is 44.0 Å². The molecule has 0 spiro atoms. The van der Waals surface area contributed by atoms with E-state index in [1.54, 1.807) is 0 Å². The van der Waals surface area contributed by atoms with Gasteiger partial charge in [-0.05, 0) is 55.0 Å². The third-order valence-electron chi connectivity index (χ3n) is 5.28. The van der Waals surface area contributed by atoms with Gasteiger partial charge in [0.2, 0.25) is 5.91 Å². The number of benzene rings is 2.